The summed E-state index contributed by atoms with van der Waals surface area (Å²) in [4.78, 5) is 30.6. The van der Waals surface area contributed by atoms with E-state index in [1.807, 2.05) is 6.92 Å². The first-order valence-electron chi connectivity index (χ1n) is 9.97. The SMILES string of the molecule is CC1=C(C(=O)Nc2ccccn2)[C@H](c2ccc(F)cc2)C2=C(CC(C)(C)CC2=O)N1. The van der Waals surface area contributed by atoms with Crippen molar-refractivity contribution in [2.75, 3.05) is 5.32 Å². The minimum absolute atomic E-state index is 0.0127. The summed E-state index contributed by atoms with van der Waals surface area (Å²) in [6, 6.07) is 11.3. The number of hydrogen-bond donors (Lipinski definition) is 2. The van der Waals surface area contributed by atoms with Crippen LogP contribution in [0.4, 0.5) is 10.2 Å². The Balaban J connectivity index is 1.81. The summed E-state index contributed by atoms with van der Waals surface area (Å²) in [5.41, 5.74) is 3.12. The minimum Gasteiger partial charge on any atom is -0.362 e. The first-order chi connectivity index (χ1) is 14.2. The second-order valence-corrected chi connectivity index (χ2v) is 8.65. The number of halogens is 1. The number of nitrogens with zero attached hydrogens (tertiary/aromatic N) is 1. The van der Waals surface area contributed by atoms with Crippen LogP contribution in [0.3, 0.4) is 0 Å². The fourth-order valence-electron chi connectivity index (χ4n) is 4.35. The molecular weight excluding hydrogens is 381 g/mol. The highest BCUT2D eigenvalue weighted by atomic mass is 19.1. The lowest BCUT2D eigenvalue weighted by molar-refractivity contribution is -0.118. The van der Waals surface area contributed by atoms with Crippen LogP contribution in [0.25, 0.3) is 0 Å². The second-order valence-electron chi connectivity index (χ2n) is 8.65. The molecule has 1 atom stereocenters. The van der Waals surface area contributed by atoms with E-state index in [1.165, 1.54) is 12.1 Å². The minimum atomic E-state index is -0.561. The van der Waals surface area contributed by atoms with Gasteiger partial charge < -0.3 is 10.6 Å². The summed E-state index contributed by atoms with van der Waals surface area (Å²) < 4.78 is 13.6. The molecule has 1 aliphatic heterocycles. The standard InChI is InChI=1S/C24H24FN3O2/c1-14-20(23(30)28-19-6-4-5-11-26-19)21(15-7-9-16(25)10-8-15)22-17(27-14)12-24(2,3)13-18(22)29/h4-11,21,27H,12-13H2,1-3H3,(H,26,28,30)/t21-/m0/s1. The molecule has 2 aromatic rings. The number of carbonyl (C=O) groups is 2. The molecule has 1 aromatic carbocycles. The van der Waals surface area contributed by atoms with E-state index in [1.54, 1.807) is 36.5 Å². The zero-order chi connectivity index (χ0) is 21.5. The third-order valence-electron chi connectivity index (χ3n) is 5.59. The van der Waals surface area contributed by atoms with Gasteiger partial charge in [-0.15, -0.1) is 0 Å². The predicted octanol–water partition coefficient (Wildman–Crippen LogP) is 4.46. The van der Waals surface area contributed by atoms with Crippen LogP contribution in [0, 0.1) is 11.2 Å². The van der Waals surface area contributed by atoms with Crippen LogP contribution >= 0.6 is 0 Å². The maximum absolute atomic E-state index is 13.6. The number of nitrogens with one attached hydrogen (secondary N) is 2. The van der Waals surface area contributed by atoms with E-state index >= 15 is 0 Å². The van der Waals surface area contributed by atoms with Crippen LogP contribution in [0.5, 0.6) is 0 Å². The Kier molecular flexibility index (Phi) is 5.02. The molecule has 1 aromatic heterocycles. The molecule has 2 aliphatic rings. The van der Waals surface area contributed by atoms with E-state index in [9.17, 15) is 14.0 Å². The first kappa shape index (κ1) is 20.0. The number of anilines is 1. The van der Waals surface area contributed by atoms with Crippen LogP contribution in [0.15, 0.2) is 71.2 Å². The number of ketones is 1. The number of pyridine rings is 1. The first-order valence-corrected chi connectivity index (χ1v) is 9.97. The quantitative estimate of drug-likeness (QED) is 0.791. The lowest BCUT2D eigenvalue weighted by atomic mass is 9.68. The number of rotatable bonds is 3. The molecule has 0 spiro atoms. The summed E-state index contributed by atoms with van der Waals surface area (Å²) in [6.45, 7) is 5.96. The Bertz CT molecular complexity index is 1070. The zero-order valence-corrected chi connectivity index (χ0v) is 17.3. The van der Waals surface area contributed by atoms with Crippen molar-refractivity contribution < 1.29 is 14.0 Å². The van der Waals surface area contributed by atoms with E-state index in [0.717, 1.165) is 5.70 Å². The normalized spacial score (nSPS) is 20.5. The number of amides is 1. The van der Waals surface area contributed by atoms with Gasteiger partial charge in [0.1, 0.15) is 11.6 Å². The second kappa shape index (κ2) is 7.52. The van der Waals surface area contributed by atoms with Crippen molar-refractivity contribution in [2.24, 2.45) is 5.41 Å². The van der Waals surface area contributed by atoms with Crippen LogP contribution in [-0.2, 0) is 9.59 Å². The molecule has 30 heavy (non-hydrogen) atoms. The maximum Gasteiger partial charge on any atom is 0.255 e. The van der Waals surface area contributed by atoms with Gasteiger partial charge in [-0.05, 0) is 48.6 Å². The number of dihydropyridines is 1. The maximum atomic E-state index is 13.6. The monoisotopic (exact) mass is 405 g/mol. The van der Waals surface area contributed by atoms with Crippen molar-refractivity contribution in [3.05, 3.63) is 82.6 Å². The Morgan fingerprint density at radius 1 is 1.17 bits per heavy atom. The number of hydrogen-bond acceptors (Lipinski definition) is 4. The fraction of sp³-hybridized carbons (Fsp3) is 0.292. The molecule has 0 saturated carbocycles. The van der Waals surface area contributed by atoms with Crippen molar-refractivity contribution >= 4 is 17.5 Å². The van der Waals surface area contributed by atoms with Crippen molar-refractivity contribution in [3.63, 3.8) is 0 Å². The van der Waals surface area contributed by atoms with E-state index in [4.69, 9.17) is 0 Å². The smallest absolute Gasteiger partial charge is 0.255 e. The molecule has 1 amide bonds. The van der Waals surface area contributed by atoms with Gasteiger partial charge in [0, 0.05) is 41.1 Å². The van der Waals surface area contributed by atoms with Gasteiger partial charge in [-0.3, -0.25) is 9.59 Å². The molecule has 0 fully saturated rings. The highest BCUT2D eigenvalue weighted by molar-refractivity contribution is 6.09. The van der Waals surface area contributed by atoms with Gasteiger partial charge in [0.05, 0.1) is 0 Å². The van der Waals surface area contributed by atoms with Crippen LogP contribution < -0.4 is 10.6 Å². The van der Waals surface area contributed by atoms with Crippen LogP contribution in [-0.4, -0.2) is 16.7 Å². The topological polar surface area (TPSA) is 71.1 Å². The predicted molar refractivity (Wildman–Crippen MR) is 113 cm³/mol. The summed E-state index contributed by atoms with van der Waals surface area (Å²) >= 11 is 0. The van der Waals surface area contributed by atoms with Crippen LogP contribution in [0.1, 0.15) is 45.1 Å². The molecule has 1 aliphatic carbocycles. The highest BCUT2D eigenvalue weighted by Crippen LogP contribution is 2.46. The van der Waals surface area contributed by atoms with Crippen molar-refractivity contribution in [1.29, 1.82) is 0 Å². The van der Waals surface area contributed by atoms with Gasteiger partial charge in [0.25, 0.3) is 5.91 Å². The molecule has 2 heterocycles. The molecular formula is C24H24FN3O2. The van der Waals surface area contributed by atoms with Gasteiger partial charge in [0.15, 0.2) is 5.78 Å². The van der Waals surface area contributed by atoms with Gasteiger partial charge >= 0.3 is 0 Å². The number of benzene rings is 1. The molecule has 5 nitrogen and oxygen atoms in total. The largest absolute Gasteiger partial charge is 0.362 e. The van der Waals surface area contributed by atoms with Gasteiger partial charge in [-0.1, -0.05) is 32.0 Å². The number of aromatic nitrogens is 1. The highest BCUT2D eigenvalue weighted by Gasteiger charge is 2.42. The lowest BCUT2D eigenvalue weighted by Crippen LogP contribution is -2.39. The zero-order valence-electron chi connectivity index (χ0n) is 17.3. The summed E-state index contributed by atoms with van der Waals surface area (Å²) in [5, 5.41) is 6.14. The van der Waals surface area contributed by atoms with E-state index in [0.29, 0.717) is 41.1 Å². The number of Topliss-reactive ketones (excluding diaryl/α,β-unsaturated/α-hetero) is 1. The molecule has 4 rings (SSSR count). The Morgan fingerprint density at radius 3 is 2.57 bits per heavy atom. The molecule has 0 radical (unpaired) electrons. The van der Waals surface area contributed by atoms with Crippen molar-refractivity contribution in [3.8, 4) is 0 Å². The molecule has 2 N–H and O–H groups in total. The average molecular weight is 405 g/mol. The third-order valence-corrected chi connectivity index (χ3v) is 5.59. The van der Waals surface area contributed by atoms with Gasteiger partial charge in [0.2, 0.25) is 0 Å². The molecule has 0 bridgehead atoms. The van der Waals surface area contributed by atoms with Crippen LogP contribution in [0.2, 0.25) is 0 Å². The summed E-state index contributed by atoms with van der Waals surface area (Å²) in [5.74, 6) is -0.820. The Hall–Kier alpha value is -3.28. The Morgan fingerprint density at radius 2 is 1.90 bits per heavy atom. The van der Waals surface area contributed by atoms with Crippen molar-refractivity contribution in [2.45, 2.75) is 39.5 Å². The lowest BCUT2D eigenvalue weighted by Gasteiger charge is -2.39. The molecule has 0 saturated heterocycles. The third kappa shape index (κ3) is 3.77. The summed E-state index contributed by atoms with van der Waals surface area (Å²) in [7, 11) is 0. The average Bonchev–Trinajstić information content (AvgIpc) is 2.67. The Labute approximate surface area is 175 Å². The van der Waals surface area contributed by atoms with Gasteiger partial charge in [-0.25, -0.2) is 9.37 Å². The molecule has 6 heteroatoms. The molecule has 154 valence electrons. The van der Waals surface area contributed by atoms with Crippen molar-refractivity contribution in [1.82, 2.24) is 10.3 Å². The number of allylic oxidation sites excluding steroid dienone is 3. The van der Waals surface area contributed by atoms with E-state index < -0.39 is 5.92 Å². The van der Waals surface area contributed by atoms with E-state index in [2.05, 4.69) is 29.5 Å². The fourth-order valence-corrected chi connectivity index (χ4v) is 4.35. The summed E-state index contributed by atoms with van der Waals surface area (Å²) in [6.07, 6.45) is 2.71. The van der Waals surface area contributed by atoms with Gasteiger partial charge in [-0.2, -0.15) is 0 Å². The number of carbonyl (C=O) groups excluding carboxylic acids is 2. The van der Waals surface area contributed by atoms with E-state index in [-0.39, 0.29) is 22.9 Å². The molecule has 0 unspecified atom stereocenters.